The molecule has 0 unspecified atom stereocenters. The summed E-state index contributed by atoms with van der Waals surface area (Å²) < 4.78 is 0. The number of fused-ring (bicyclic) bond motifs is 3. The Morgan fingerprint density at radius 1 is 0.920 bits per heavy atom. The van der Waals surface area contributed by atoms with Gasteiger partial charge in [0, 0.05) is 13.1 Å². The van der Waals surface area contributed by atoms with Gasteiger partial charge in [0.2, 0.25) is 5.96 Å². The SMILES string of the molecule is CC(C)(C)c1ccc(CN2C3=NCCCCN3c3ccccc32)cc1. The van der Waals surface area contributed by atoms with Crippen LogP contribution in [0.4, 0.5) is 11.4 Å². The minimum atomic E-state index is 0.195. The predicted molar refractivity (Wildman–Crippen MR) is 107 cm³/mol. The van der Waals surface area contributed by atoms with Gasteiger partial charge in [-0.2, -0.15) is 0 Å². The smallest absolute Gasteiger partial charge is 0.206 e. The van der Waals surface area contributed by atoms with Crippen molar-refractivity contribution >= 4 is 17.3 Å². The first-order valence-corrected chi connectivity index (χ1v) is 9.32. The van der Waals surface area contributed by atoms with Gasteiger partial charge in [-0.3, -0.25) is 4.99 Å². The molecule has 3 nitrogen and oxygen atoms in total. The number of hydrogen-bond donors (Lipinski definition) is 0. The summed E-state index contributed by atoms with van der Waals surface area (Å²) in [6.07, 6.45) is 2.38. The summed E-state index contributed by atoms with van der Waals surface area (Å²) in [6.45, 7) is 9.65. The van der Waals surface area contributed by atoms with E-state index in [1.54, 1.807) is 0 Å². The summed E-state index contributed by atoms with van der Waals surface area (Å²) in [5, 5.41) is 0. The number of hydrogen-bond acceptors (Lipinski definition) is 3. The topological polar surface area (TPSA) is 18.8 Å². The average molecular weight is 333 g/mol. The molecular formula is C22H27N3. The Morgan fingerprint density at radius 2 is 1.64 bits per heavy atom. The van der Waals surface area contributed by atoms with Crippen LogP contribution in [0.2, 0.25) is 0 Å². The third-order valence-corrected chi connectivity index (χ3v) is 5.15. The molecule has 2 aliphatic rings. The van der Waals surface area contributed by atoms with E-state index in [9.17, 15) is 0 Å². The molecule has 0 bridgehead atoms. The fourth-order valence-corrected chi connectivity index (χ4v) is 3.68. The van der Waals surface area contributed by atoms with Gasteiger partial charge >= 0.3 is 0 Å². The lowest BCUT2D eigenvalue weighted by atomic mass is 9.87. The zero-order valence-electron chi connectivity index (χ0n) is 15.5. The van der Waals surface area contributed by atoms with Crippen LogP contribution in [0, 0.1) is 0 Å². The number of aliphatic imine (C=N–C) groups is 1. The molecule has 2 aromatic rings. The molecule has 0 aromatic heterocycles. The van der Waals surface area contributed by atoms with Crippen LogP contribution >= 0.6 is 0 Å². The van der Waals surface area contributed by atoms with Crippen molar-refractivity contribution in [1.29, 1.82) is 0 Å². The molecule has 4 rings (SSSR count). The summed E-state index contributed by atoms with van der Waals surface area (Å²) in [7, 11) is 0. The normalized spacial score (nSPS) is 17.0. The van der Waals surface area contributed by atoms with Gasteiger partial charge in [-0.05, 0) is 41.5 Å². The lowest BCUT2D eigenvalue weighted by Crippen LogP contribution is -2.38. The van der Waals surface area contributed by atoms with Crippen molar-refractivity contribution in [3.05, 3.63) is 59.7 Å². The number of benzene rings is 2. The van der Waals surface area contributed by atoms with Gasteiger partial charge in [-0.1, -0.05) is 57.2 Å². The standard InChI is InChI=1S/C22H27N3/c1-22(2,3)18-12-10-17(11-13-18)16-25-20-9-5-4-8-19(20)24-15-7-6-14-23-21(24)25/h4-5,8-13H,6-7,14-16H2,1-3H3. The molecule has 0 aliphatic carbocycles. The van der Waals surface area contributed by atoms with E-state index in [1.165, 1.54) is 35.3 Å². The summed E-state index contributed by atoms with van der Waals surface area (Å²) >= 11 is 0. The molecule has 0 N–H and O–H groups in total. The van der Waals surface area contributed by atoms with Gasteiger partial charge in [0.25, 0.3) is 0 Å². The highest BCUT2D eigenvalue weighted by Crippen LogP contribution is 2.39. The Bertz CT molecular complexity index is 784. The van der Waals surface area contributed by atoms with Gasteiger partial charge in [-0.25, -0.2) is 0 Å². The van der Waals surface area contributed by atoms with E-state index in [0.29, 0.717) is 0 Å². The largest absolute Gasteiger partial charge is 0.310 e. The Morgan fingerprint density at radius 3 is 2.36 bits per heavy atom. The van der Waals surface area contributed by atoms with Gasteiger partial charge in [0.05, 0.1) is 17.9 Å². The molecule has 0 amide bonds. The zero-order chi connectivity index (χ0) is 17.4. The number of nitrogens with zero attached hydrogens (tertiary/aromatic N) is 3. The monoisotopic (exact) mass is 333 g/mol. The fraction of sp³-hybridized carbons (Fsp3) is 0.409. The summed E-state index contributed by atoms with van der Waals surface area (Å²) in [5.74, 6) is 1.12. The van der Waals surface area contributed by atoms with Gasteiger partial charge in [0.1, 0.15) is 0 Å². The quantitative estimate of drug-likeness (QED) is 0.773. The minimum Gasteiger partial charge on any atom is -0.310 e. The molecule has 3 heteroatoms. The first-order chi connectivity index (χ1) is 12.0. The van der Waals surface area contributed by atoms with E-state index in [1.807, 2.05) is 0 Å². The second-order valence-electron chi connectivity index (χ2n) is 8.06. The van der Waals surface area contributed by atoms with E-state index in [4.69, 9.17) is 4.99 Å². The van der Waals surface area contributed by atoms with Crippen molar-refractivity contribution in [2.24, 2.45) is 4.99 Å². The van der Waals surface area contributed by atoms with E-state index < -0.39 is 0 Å². The second kappa shape index (κ2) is 6.21. The van der Waals surface area contributed by atoms with Crippen LogP contribution in [0.25, 0.3) is 0 Å². The molecule has 2 aromatic carbocycles. The van der Waals surface area contributed by atoms with Crippen LogP contribution in [0.5, 0.6) is 0 Å². The van der Waals surface area contributed by atoms with E-state index >= 15 is 0 Å². The summed E-state index contributed by atoms with van der Waals surface area (Å²) in [6, 6.07) is 17.8. The molecular weight excluding hydrogens is 306 g/mol. The number of rotatable bonds is 2. The van der Waals surface area contributed by atoms with Gasteiger partial charge in [-0.15, -0.1) is 0 Å². The van der Waals surface area contributed by atoms with E-state index in [-0.39, 0.29) is 5.41 Å². The van der Waals surface area contributed by atoms with E-state index in [2.05, 4.69) is 79.1 Å². The van der Waals surface area contributed by atoms with Crippen LogP contribution in [0.3, 0.4) is 0 Å². The second-order valence-corrected chi connectivity index (χ2v) is 8.06. The maximum Gasteiger partial charge on any atom is 0.206 e. The summed E-state index contributed by atoms with van der Waals surface area (Å²) in [5.41, 5.74) is 5.49. The number of guanidine groups is 1. The van der Waals surface area contributed by atoms with Gasteiger partial charge in [0.15, 0.2) is 0 Å². The molecule has 0 saturated heterocycles. The fourth-order valence-electron chi connectivity index (χ4n) is 3.68. The summed E-state index contributed by atoms with van der Waals surface area (Å²) in [4.78, 5) is 9.68. The van der Waals surface area contributed by atoms with Crippen molar-refractivity contribution in [1.82, 2.24) is 0 Å². The number of anilines is 2. The first kappa shape index (κ1) is 16.2. The molecule has 2 heterocycles. The molecule has 0 atom stereocenters. The Kier molecular flexibility index (Phi) is 4.03. The Labute approximate surface area is 151 Å². The molecule has 130 valence electrons. The molecule has 0 spiro atoms. The van der Waals surface area contributed by atoms with Crippen LogP contribution in [-0.4, -0.2) is 19.0 Å². The zero-order valence-corrected chi connectivity index (χ0v) is 15.5. The third kappa shape index (κ3) is 3.04. The average Bonchev–Trinajstić information content (AvgIpc) is 2.75. The minimum absolute atomic E-state index is 0.195. The van der Waals surface area contributed by atoms with Crippen LogP contribution in [-0.2, 0) is 12.0 Å². The predicted octanol–water partition coefficient (Wildman–Crippen LogP) is 4.96. The maximum atomic E-state index is 4.90. The highest BCUT2D eigenvalue weighted by molar-refractivity contribution is 6.16. The lowest BCUT2D eigenvalue weighted by Gasteiger charge is -2.23. The van der Waals surface area contributed by atoms with Gasteiger partial charge < -0.3 is 9.80 Å². The molecule has 0 saturated carbocycles. The third-order valence-electron chi connectivity index (χ3n) is 5.15. The van der Waals surface area contributed by atoms with Crippen LogP contribution in [0.1, 0.15) is 44.7 Å². The van der Waals surface area contributed by atoms with Crippen LogP contribution < -0.4 is 9.80 Å². The Hall–Kier alpha value is -2.29. The lowest BCUT2D eigenvalue weighted by molar-refractivity contribution is 0.590. The number of para-hydroxylation sites is 2. The van der Waals surface area contributed by atoms with Crippen molar-refractivity contribution < 1.29 is 0 Å². The Balaban J connectivity index is 1.66. The van der Waals surface area contributed by atoms with Crippen LogP contribution in [0.15, 0.2) is 53.5 Å². The highest BCUT2D eigenvalue weighted by Gasteiger charge is 2.33. The van der Waals surface area contributed by atoms with Crippen molar-refractivity contribution in [2.45, 2.75) is 45.6 Å². The molecule has 2 aliphatic heterocycles. The van der Waals surface area contributed by atoms with Crippen molar-refractivity contribution in [2.75, 3.05) is 22.9 Å². The first-order valence-electron chi connectivity index (χ1n) is 9.32. The highest BCUT2D eigenvalue weighted by atomic mass is 15.4. The molecule has 25 heavy (non-hydrogen) atoms. The van der Waals surface area contributed by atoms with E-state index in [0.717, 1.165) is 25.6 Å². The van der Waals surface area contributed by atoms with Crippen molar-refractivity contribution in [3.63, 3.8) is 0 Å². The maximum absolute atomic E-state index is 4.90. The molecule has 0 radical (unpaired) electrons. The molecule has 0 fully saturated rings. The van der Waals surface area contributed by atoms with Crippen molar-refractivity contribution in [3.8, 4) is 0 Å².